The highest BCUT2D eigenvalue weighted by Crippen LogP contribution is 2.28. The van der Waals surface area contributed by atoms with Gasteiger partial charge >= 0.3 is 5.97 Å². The molecule has 0 aliphatic carbocycles. The van der Waals surface area contributed by atoms with Gasteiger partial charge in [0.25, 0.3) is 0 Å². The zero-order valence-electron chi connectivity index (χ0n) is 9.40. The molecule has 1 unspecified atom stereocenters. The molecular formula is C11H14FNO3. The highest BCUT2D eigenvalue weighted by molar-refractivity contribution is 5.79. The van der Waals surface area contributed by atoms with Crippen LogP contribution in [0, 0.1) is 5.82 Å². The average Bonchev–Trinajstić information content (AvgIpc) is 2.26. The number of carbonyl (C=O) groups excluding carboxylic acids is 1. The molecule has 0 aromatic heterocycles. The van der Waals surface area contributed by atoms with Crippen LogP contribution in [0.5, 0.6) is 0 Å². The highest BCUT2D eigenvalue weighted by Gasteiger charge is 2.23. The van der Waals surface area contributed by atoms with Crippen LogP contribution in [0.4, 0.5) is 10.1 Å². The van der Waals surface area contributed by atoms with E-state index in [1.54, 1.807) is 14.1 Å². The normalized spacial score (nSPS) is 12.1. The van der Waals surface area contributed by atoms with Crippen LogP contribution in [-0.2, 0) is 9.53 Å². The number of ether oxygens (including phenoxy) is 1. The summed E-state index contributed by atoms with van der Waals surface area (Å²) in [7, 11) is 4.43. The van der Waals surface area contributed by atoms with Gasteiger partial charge in [-0.15, -0.1) is 0 Å². The van der Waals surface area contributed by atoms with Crippen LogP contribution in [-0.4, -0.2) is 32.3 Å². The minimum absolute atomic E-state index is 0.181. The number of rotatable bonds is 3. The Balaban J connectivity index is 3.22. The van der Waals surface area contributed by atoms with Gasteiger partial charge in [-0.05, 0) is 6.07 Å². The third-order valence-electron chi connectivity index (χ3n) is 2.18. The van der Waals surface area contributed by atoms with Gasteiger partial charge in [-0.3, -0.25) is 0 Å². The number of aliphatic hydroxyl groups excluding tert-OH is 1. The third kappa shape index (κ3) is 2.30. The van der Waals surface area contributed by atoms with Crippen LogP contribution in [0.15, 0.2) is 18.2 Å². The fourth-order valence-corrected chi connectivity index (χ4v) is 1.46. The molecule has 0 saturated heterocycles. The minimum atomic E-state index is -1.47. The van der Waals surface area contributed by atoms with Crippen molar-refractivity contribution >= 4 is 11.7 Å². The van der Waals surface area contributed by atoms with Crippen molar-refractivity contribution in [3.05, 3.63) is 29.6 Å². The second kappa shape index (κ2) is 4.94. The number of para-hydroxylation sites is 1. The van der Waals surface area contributed by atoms with E-state index in [4.69, 9.17) is 0 Å². The maximum Gasteiger partial charge on any atom is 0.339 e. The quantitative estimate of drug-likeness (QED) is 0.785. The smallest absolute Gasteiger partial charge is 0.339 e. The van der Waals surface area contributed by atoms with E-state index in [2.05, 4.69) is 4.74 Å². The first-order chi connectivity index (χ1) is 7.49. The fourth-order valence-electron chi connectivity index (χ4n) is 1.46. The molecule has 16 heavy (non-hydrogen) atoms. The lowest BCUT2D eigenvalue weighted by Gasteiger charge is -2.20. The van der Waals surface area contributed by atoms with Crippen LogP contribution < -0.4 is 4.90 Å². The van der Waals surface area contributed by atoms with Crippen LogP contribution in [0.2, 0.25) is 0 Å². The summed E-state index contributed by atoms with van der Waals surface area (Å²) < 4.78 is 17.9. The van der Waals surface area contributed by atoms with Crippen molar-refractivity contribution in [2.75, 3.05) is 26.1 Å². The Morgan fingerprint density at radius 3 is 2.62 bits per heavy atom. The summed E-state index contributed by atoms with van der Waals surface area (Å²) in [5.74, 6) is -1.31. The number of nitrogens with zero attached hydrogens (tertiary/aromatic N) is 1. The van der Waals surface area contributed by atoms with E-state index in [9.17, 15) is 14.3 Å². The number of esters is 1. The zero-order chi connectivity index (χ0) is 12.3. The number of hydrogen-bond donors (Lipinski definition) is 1. The molecule has 0 fully saturated rings. The summed E-state index contributed by atoms with van der Waals surface area (Å²) in [6.07, 6.45) is -1.47. The molecule has 88 valence electrons. The van der Waals surface area contributed by atoms with E-state index in [0.29, 0.717) is 0 Å². The Hall–Kier alpha value is -1.62. The van der Waals surface area contributed by atoms with Gasteiger partial charge in [0.15, 0.2) is 6.10 Å². The molecule has 0 radical (unpaired) electrons. The molecule has 1 N–H and O–H groups in total. The number of benzene rings is 1. The van der Waals surface area contributed by atoms with E-state index in [0.717, 1.165) is 0 Å². The van der Waals surface area contributed by atoms with Crippen molar-refractivity contribution < 1.29 is 19.0 Å². The van der Waals surface area contributed by atoms with E-state index in [1.807, 2.05) is 0 Å². The molecule has 1 rings (SSSR count). The lowest BCUT2D eigenvalue weighted by atomic mass is 10.1. The van der Waals surface area contributed by atoms with Gasteiger partial charge in [-0.2, -0.15) is 0 Å². The third-order valence-corrected chi connectivity index (χ3v) is 2.18. The standard InChI is InChI=1S/C11H14FNO3/c1-13(2)9-7(5-4-6-8(9)12)10(14)11(15)16-3/h4-6,10,14H,1-3H3. The summed E-state index contributed by atoms with van der Waals surface area (Å²) in [6.45, 7) is 0. The van der Waals surface area contributed by atoms with E-state index in [1.165, 1.54) is 30.2 Å². The maximum absolute atomic E-state index is 13.5. The fraction of sp³-hybridized carbons (Fsp3) is 0.364. The average molecular weight is 227 g/mol. The number of aliphatic hydroxyl groups is 1. The van der Waals surface area contributed by atoms with Crippen molar-refractivity contribution in [3.63, 3.8) is 0 Å². The number of anilines is 1. The number of halogens is 1. The number of hydrogen-bond acceptors (Lipinski definition) is 4. The van der Waals surface area contributed by atoms with Crippen LogP contribution >= 0.6 is 0 Å². The molecular weight excluding hydrogens is 213 g/mol. The van der Waals surface area contributed by atoms with Gasteiger partial charge in [0.2, 0.25) is 0 Å². The van der Waals surface area contributed by atoms with E-state index in [-0.39, 0.29) is 11.3 Å². The molecule has 1 atom stereocenters. The minimum Gasteiger partial charge on any atom is -0.467 e. The monoisotopic (exact) mass is 227 g/mol. The first kappa shape index (κ1) is 12.4. The second-order valence-corrected chi connectivity index (χ2v) is 3.50. The zero-order valence-corrected chi connectivity index (χ0v) is 9.40. The SMILES string of the molecule is COC(=O)C(O)c1cccc(F)c1N(C)C. The van der Waals surface area contributed by atoms with Gasteiger partial charge in [-0.1, -0.05) is 12.1 Å². The molecule has 0 bridgehead atoms. The van der Waals surface area contributed by atoms with Crippen molar-refractivity contribution in [3.8, 4) is 0 Å². The van der Waals surface area contributed by atoms with Crippen molar-refractivity contribution in [1.82, 2.24) is 0 Å². The Kier molecular flexibility index (Phi) is 3.84. The van der Waals surface area contributed by atoms with Crippen molar-refractivity contribution in [1.29, 1.82) is 0 Å². The molecule has 0 aliphatic heterocycles. The molecule has 4 nitrogen and oxygen atoms in total. The second-order valence-electron chi connectivity index (χ2n) is 3.50. The molecule has 5 heteroatoms. The summed E-state index contributed by atoms with van der Waals surface area (Å²) >= 11 is 0. The largest absolute Gasteiger partial charge is 0.467 e. The molecule has 0 saturated carbocycles. The number of methoxy groups -OCH3 is 1. The van der Waals surface area contributed by atoms with Crippen molar-refractivity contribution in [2.45, 2.75) is 6.10 Å². The van der Waals surface area contributed by atoms with Gasteiger partial charge in [0, 0.05) is 19.7 Å². The molecule has 0 aliphatic rings. The van der Waals surface area contributed by atoms with Gasteiger partial charge in [0.05, 0.1) is 12.8 Å². The van der Waals surface area contributed by atoms with Crippen LogP contribution in [0.3, 0.4) is 0 Å². The summed E-state index contributed by atoms with van der Waals surface area (Å²) in [5.41, 5.74) is 0.372. The van der Waals surface area contributed by atoms with Crippen LogP contribution in [0.25, 0.3) is 0 Å². The first-order valence-electron chi connectivity index (χ1n) is 4.70. The molecule has 1 aromatic carbocycles. The van der Waals surface area contributed by atoms with E-state index >= 15 is 0 Å². The number of carbonyl (C=O) groups is 1. The maximum atomic E-state index is 13.5. The Morgan fingerprint density at radius 1 is 1.50 bits per heavy atom. The topological polar surface area (TPSA) is 49.8 Å². The predicted molar refractivity (Wildman–Crippen MR) is 57.7 cm³/mol. The molecule has 0 amide bonds. The van der Waals surface area contributed by atoms with Crippen molar-refractivity contribution in [2.24, 2.45) is 0 Å². The van der Waals surface area contributed by atoms with Gasteiger partial charge < -0.3 is 14.7 Å². The summed E-state index contributed by atoms with van der Waals surface area (Å²) in [4.78, 5) is 12.7. The van der Waals surface area contributed by atoms with E-state index < -0.39 is 17.9 Å². The van der Waals surface area contributed by atoms with Gasteiger partial charge in [-0.25, -0.2) is 9.18 Å². The summed E-state index contributed by atoms with van der Waals surface area (Å²) in [5, 5.41) is 9.68. The molecule has 0 heterocycles. The predicted octanol–water partition coefficient (Wildman–Crippen LogP) is 1.10. The molecule has 1 aromatic rings. The highest BCUT2D eigenvalue weighted by atomic mass is 19.1. The lowest BCUT2D eigenvalue weighted by Crippen LogP contribution is -2.19. The Bertz CT molecular complexity index is 393. The Labute approximate surface area is 93.3 Å². The molecule has 0 spiro atoms. The van der Waals surface area contributed by atoms with Crippen LogP contribution in [0.1, 0.15) is 11.7 Å². The lowest BCUT2D eigenvalue weighted by molar-refractivity contribution is -0.150. The van der Waals surface area contributed by atoms with Gasteiger partial charge in [0.1, 0.15) is 5.82 Å². The summed E-state index contributed by atoms with van der Waals surface area (Å²) in [6, 6.07) is 4.19. The Morgan fingerprint density at radius 2 is 2.12 bits per heavy atom. The first-order valence-corrected chi connectivity index (χ1v) is 4.70.